The predicted molar refractivity (Wildman–Crippen MR) is 79.3 cm³/mol. The monoisotopic (exact) mass is 272 g/mol. The third kappa shape index (κ3) is 2.54. The van der Waals surface area contributed by atoms with Crippen LogP contribution in [0.1, 0.15) is 24.6 Å². The van der Waals surface area contributed by atoms with E-state index in [4.69, 9.17) is 5.73 Å². The van der Waals surface area contributed by atoms with Crippen molar-refractivity contribution in [1.29, 1.82) is 0 Å². The highest BCUT2D eigenvalue weighted by Gasteiger charge is 2.28. The van der Waals surface area contributed by atoms with Crippen LogP contribution in [0.4, 0.5) is 5.95 Å². The van der Waals surface area contributed by atoms with Gasteiger partial charge in [-0.05, 0) is 12.8 Å². The lowest BCUT2D eigenvalue weighted by Crippen LogP contribution is -2.41. The molecule has 106 valence electrons. The van der Waals surface area contributed by atoms with Crippen LogP contribution in [0.25, 0.3) is 0 Å². The van der Waals surface area contributed by atoms with Gasteiger partial charge in [-0.25, -0.2) is 4.98 Å². The van der Waals surface area contributed by atoms with E-state index < -0.39 is 0 Å². The molecule has 1 atom stereocenters. The van der Waals surface area contributed by atoms with Crippen molar-refractivity contribution in [1.82, 2.24) is 14.9 Å². The van der Waals surface area contributed by atoms with Gasteiger partial charge in [0.05, 0.1) is 5.69 Å². The Labute approximate surface area is 118 Å². The van der Waals surface area contributed by atoms with Gasteiger partial charge in [0.1, 0.15) is 0 Å². The Bertz CT molecular complexity index is 631. The van der Waals surface area contributed by atoms with Crippen LogP contribution >= 0.6 is 0 Å². The quantitative estimate of drug-likeness (QED) is 0.849. The molecule has 5 heteroatoms. The van der Waals surface area contributed by atoms with Crippen molar-refractivity contribution in [3.05, 3.63) is 45.9 Å². The first kappa shape index (κ1) is 13.1. The standard InChI is InChI=1S/C15H20N4O/c1-15(6-3-2-4-7-15)10-19-8-5-11-12(9-19)17-14(16)18-13(11)20/h2-4,6H,5,7-10H2,1H3,(H3,16,17,18,20). The van der Waals surface area contributed by atoms with Gasteiger partial charge in [0, 0.05) is 30.6 Å². The highest BCUT2D eigenvalue weighted by molar-refractivity contribution is 5.27. The smallest absolute Gasteiger partial charge is 0.255 e. The van der Waals surface area contributed by atoms with Crippen LogP contribution in [0.15, 0.2) is 29.1 Å². The SMILES string of the molecule is CC1(CN2CCc3c(nc(N)[nH]c3=O)C2)C=CC=CC1. The molecule has 1 unspecified atom stereocenters. The van der Waals surface area contributed by atoms with E-state index in [9.17, 15) is 4.79 Å². The van der Waals surface area contributed by atoms with E-state index in [0.29, 0.717) is 6.54 Å². The number of anilines is 1. The number of hydrogen-bond donors (Lipinski definition) is 2. The topological polar surface area (TPSA) is 75.0 Å². The molecule has 1 aromatic heterocycles. The van der Waals surface area contributed by atoms with Crippen LogP contribution in [0.2, 0.25) is 0 Å². The van der Waals surface area contributed by atoms with Crippen LogP contribution in [0, 0.1) is 5.41 Å². The fourth-order valence-corrected chi connectivity index (χ4v) is 3.05. The van der Waals surface area contributed by atoms with E-state index in [1.165, 1.54) is 0 Å². The minimum atomic E-state index is -0.0844. The van der Waals surface area contributed by atoms with Gasteiger partial charge in [0.25, 0.3) is 5.56 Å². The number of nitrogens with one attached hydrogen (secondary N) is 1. The van der Waals surface area contributed by atoms with Gasteiger partial charge in [-0.15, -0.1) is 0 Å². The Morgan fingerprint density at radius 2 is 2.35 bits per heavy atom. The van der Waals surface area contributed by atoms with E-state index in [-0.39, 0.29) is 16.9 Å². The maximum atomic E-state index is 11.8. The molecule has 3 N–H and O–H groups in total. The third-order valence-electron chi connectivity index (χ3n) is 4.09. The van der Waals surface area contributed by atoms with Gasteiger partial charge < -0.3 is 5.73 Å². The molecule has 2 aliphatic rings. The molecule has 0 saturated heterocycles. The lowest BCUT2D eigenvalue weighted by Gasteiger charge is -2.36. The minimum absolute atomic E-state index is 0.0844. The van der Waals surface area contributed by atoms with Gasteiger partial charge in [0.15, 0.2) is 0 Å². The molecule has 0 amide bonds. The number of rotatable bonds is 2. The average Bonchev–Trinajstić information content (AvgIpc) is 2.38. The number of aromatic nitrogens is 2. The van der Waals surface area contributed by atoms with E-state index in [1.54, 1.807) is 0 Å². The molecule has 0 bridgehead atoms. The number of nitrogens with zero attached hydrogens (tertiary/aromatic N) is 2. The molecule has 0 radical (unpaired) electrons. The summed E-state index contributed by atoms with van der Waals surface area (Å²) in [5.74, 6) is 0.210. The minimum Gasteiger partial charge on any atom is -0.369 e. The third-order valence-corrected chi connectivity index (χ3v) is 4.09. The second kappa shape index (κ2) is 4.90. The van der Waals surface area contributed by atoms with Crippen LogP contribution in [0.3, 0.4) is 0 Å². The number of fused-ring (bicyclic) bond motifs is 1. The fraction of sp³-hybridized carbons (Fsp3) is 0.467. The van der Waals surface area contributed by atoms with Gasteiger partial charge >= 0.3 is 0 Å². The van der Waals surface area contributed by atoms with Crippen molar-refractivity contribution in [2.24, 2.45) is 5.41 Å². The zero-order valence-corrected chi connectivity index (χ0v) is 11.7. The van der Waals surface area contributed by atoms with Crippen molar-refractivity contribution < 1.29 is 0 Å². The van der Waals surface area contributed by atoms with E-state index in [1.807, 2.05) is 0 Å². The lowest BCUT2D eigenvalue weighted by atomic mass is 9.83. The molecule has 5 nitrogen and oxygen atoms in total. The Kier molecular flexibility index (Phi) is 3.22. The van der Waals surface area contributed by atoms with Crippen LogP contribution in [0.5, 0.6) is 0 Å². The molecular formula is C15H20N4O. The number of allylic oxidation sites excluding steroid dienone is 3. The maximum absolute atomic E-state index is 11.8. The maximum Gasteiger partial charge on any atom is 0.255 e. The zero-order chi connectivity index (χ0) is 14.2. The highest BCUT2D eigenvalue weighted by atomic mass is 16.1. The Morgan fingerprint density at radius 1 is 1.50 bits per heavy atom. The molecule has 0 fully saturated rings. The van der Waals surface area contributed by atoms with Crippen LogP contribution < -0.4 is 11.3 Å². The molecule has 0 spiro atoms. The number of nitrogen functional groups attached to an aromatic ring is 1. The largest absolute Gasteiger partial charge is 0.369 e. The first-order valence-corrected chi connectivity index (χ1v) is 7.00. The number of nitrogens with two attached hydrogens (primary N) is 1. The number of H-pyrrole nitrogens is 1. The first-order chi connectivity index (χ1) is 9.56. The molecule has 0 saturated carbocycles. The predicted octanol–water partition coefficient (Wildman–Crippen LogP) is 1.23. The zero-order valence-electron chi connectivity index (χ0n) is 11.7. The highest BCUT2D eigenvalue weighted by Crippen LogP contribution is 2.29. The average molecular weight is 272 g/mol. The molecule has 2 heterocycles. The van der Waals surface area contributed by atoms with E-state index >= 15 is 0 Å². The fourth-order valence-electron chi connectivity index (χ4n) is 3.05. The molecular weight excluding hydrogens is 252 g/mol. The second-order valence-electron chi connectivity index (χ2n) is 5.98. The summed E-state index contributed by atoms with van der Waals surface area (Å²) >= 11 is 0. The van der Waals surface area contributed by atoms with Crippen molar-refractivity contribution in [3.8, 4) is 0 Å². The summed E-state index contributed by atoms with van der Waals surface area (Å²) in [6.45, 7) is 4.84. The second-order valence-corrected chi connectivity index (χ2v) is 5.98. The van der Waals surface area contributed by atoms with Crippen molar-refractivity contribution in [2.75, 3.05) is 18.8 Å². The van der Waals surface area contributed by atoms with Gasteiger partial charge in [-0.3, -0.25) is 14.7 Å². The van der Waals surface area contributed by atoms with Gasteiger partial charge in [0.2, 0.25) is 5.95 Å². The summed E-state index contributed by atoms with van der Waals surface area (Å²) in [7, 11) is 0. The summed E-state index contributed by atoms with van der Waals surface area (Å²) in [6.07, 6.45) is 10.5. The Balaban J connectivity index is 1.77. The lowest BCUT2D eigenvalue weighted by molar-refractivity contribution is 0.180. The summed E-state index contributed by atoms with van der Waals surface area (Å²) in [5, 5.41) is 0. The summed E-state index contributed by atoms with van der Waals surface area (Å²) in [6, 6.07) is 0. The van der Waals surface area contributed by atoms with Gasteiger partial charge in [-0.2, -0.15) is 0 Å². The number of hydrogen-bond acceptors (Lipinski definition) is 4. The van der Waals surface area contributed by atoms with E-state index in [2.05, 4.69) is 46.1 Å². The summed E-state index contributed by atoms with van der Waals surface area (Å²) in [4.78, 5) is 21.1. The molecule has 0 aromatic carbocycles. The van der Waals surface area contributed by atoms with E-state index in [0.717, 1.165) is 37.2 Å². The number of aromatic amines is 1. The van der Waals surface area contributed by atoms with Crippen molar-refractivity contribution in [2.45, 2.75) is 26.3 Å². The van der Waals surface area contributed by atoms with Crippen LogP contribution in [-0.2, 0) is 13.0 Å². The molecule has 1 aliphatic carbocycles. The van der Waals surface area contributed by atoms with Crippen molar-refractivity contribution in [3.63, 3.8) is 0 Å². The van der Waals surface area contributed by atoms with Gasteiger partial charge in [-0.1, -0.05) is 31.2 Å². The van der Waals surface area contributed by atoms with Crippen molar-refractivity contribution >= 4 is 5.95 Å². The first-order valence-electron chi connectivity index (χ1n) is 7.00. The summed E-state index contributed by atoms with van der Waals surface area (Å²) < 4.78 is 0. The van der Waals surface area contributed by atoms with Crippen LogP contribution in [-0.4, -0.2) is 28.0 Å². The Hall–Kier alpha value is -1.88. The molecule has 20 heavy (non-hydrogen) atoms. The molecule has 3 rings (SSSR count). The Morgan fingerprint density at radius 3 is 3.10 bits per heavy atom. The summed E-state index contributed by atoms with van der Waals surface area (Å²) in [5.41, 5.74) is 7.34. The molecule has 1 aliphatic heterocycles. The normalized spacial score (nSPS) is 25.6. The molecule has 1 aromatic rings.